The first-order valence-corrected chi connectivity index (χ1v) is 9.51. The van der Waals surface area contributed by atoms with Crippen LogP contribution in [0.2, 0.25) is 0 Å². The summed E-state index contributed by atoms with van der Waals surface area (Å²) in [4.78, 5) is 14.0. The van der Waals surface area contributed by atoms with Crippen LogP contribution < -0.4 is 4.74 Å². The first-order chi connectivity index (χ1) is 10.6. The van der Waals surface area contributed by atoms with Crippen LogP contribution in [-0.4, -0.2) is 48.8 Å². The van der Waals surface area contributed by atoms with Crippen LogP contribution in [0, 0.1) is 0 Å². The van der Waals surface area contributed by atoms with E-state index in [-0.39, 0.29) is 10.8 Å². The zero-order valence-electron chi connectivity index (χ0n) is 13.4. The third-order valence-corrected chi connectivity index (χ3v) is 5.67. The van der Waals surface area contributed by atoms with Crippen LogP contribution in [-0.2, 0) is 14.6 Å². The highest BCUT2D eigenvalue weighted by Gasteiger charge is 2.47. The summed E-state index contributed by atoms with van der Waals surface area (Å²) in [7, 11) is -3.38. The molecule has 1 N–H and O–H groups in total. The molecule has 0 aromatic heterocycles. The van der Waals surface area contributed by atoms with E-state index in [1.54, 1.807) is 24.8 Å². The van der Waals surface area contributed by atoms with Crippen molar-refractivity contribution in [2.75, 3.05) is 12.8 Å². The molecule has 2 aliphatic rings. The first kappa shape index (κ1) is 16.3. The van der Waals surface area contributed by atoms with E-state index in [9.17, 15) is 18.3 Å². The number of aliphatic hydroxyl groups is 1. The van der Waals surface area contributed by atoms with Crippen LogP contribution in [0.3, 0.4) is 0 Å². The van der Waals surface area contributed by atoms with E-state index < -0.39 is 27.6 Å². The van der Waals surface area contributed by atoms with Gasteiger partial charge in [0.15, 0.2) is 9.84 Å². The lowest BCUT2D eigenvalue weighted by molar-refractivity contribution is -0.139. The molecule has 2 atom stereocenters. The average Bonchev–Trinajstić information content (AvgIpc) is 2.84. The lowest BCUT2D eigenvalue weighted by Crippen LogP contribution is -2.53. The Morgan fingerprint density at radius 2 is 2.04 bits per heavy atom. The van der Waals surface area contributed by atoms with Crippen molar-refractivity contribution in [2.24, 2.45) is 0 Å². The summed E-state index contributed by atoms with van der Waals surface area (Å²) in [6.07, 6.45) is 1.39. The highest BCUT2D eigenvalue weighted by atomic mass is 32.2. The molecule has 6 nitrogen and oxygen atoms in total. The second kappa shape index (κ2) is 5.21. The number of hydrogen-bond acceptors (Lipinski definition) is 5. The number of hydrogen-bond donors (Lipinski definition) is 1. The van der Waals surface area contributed by atoms with E-state index in [0.717, 1.165) is 12.7 Å². The van der Waals surface area contributed by atoms with E-state index in [2.05, 4.69) is 0 Å². The summed E-state index contributed by atoms with van der Waals surface area (Å²) >= 11 is 0. The highest BCUT2D eigenvalue weighted by molar-refractivity contribution is 7.90. The topological polar surface area (TPSA) is 83.9 Å². The molecule has 2 aliphatic heterocycles. The number of amides is 1. The molecule has 0 saturated carbocycles. The Bertz CT molecular complexity index is 756. The van der Waals surface area contributed by atoms with Crippen molar-refractivity contribution in [2.45, 2.75) is 49.3 Å². The molecule has 126 valence electrons. The number of ether oxygens (including phenoxy) is 1. The van der Waals surface area contributed by atoms with E-state index in [1.807, 2.05) is 0 Å². The van der Waals surface area contributed by atoms with Crippen molar-refractivity contribution in [1.82, 2.24) is 4.90 Å². The minimum atomic E-state index is -3.38. The molecule has 1 aromatic carbocycles. The molecule has 23 heavy (non-hydrogen) atoms. The van der Waals surface area contributed by atoms with Crippen molar-refractivity contribution in [3.05, 3.63) is 23.8 Å². The third-order valence-electron chi connectivity index (χ3n) is 4.56. The second-order valence-electron chi connectivity index (χ2n) is 6.76. The lowest BCUT2D eigenvalue weighted by Gasteiger charge is -2.45. The van der Waals surface area contributed by atoms with Crippen molar-refractivity contribution in [3.63, 3.8) is 0 Å². The van der Waals surface area contributed by atoms with E-state index >= 15 is 0 Å². The Kier molecular flexibility index (Phi) is 3.68. The Morgan fingerprint density at radius 3 is 2.61 bits per heavy atom. The number of aliphatic hydroxyl groups excluding tert-OH is 1. The minimum absolute atomic E-state index is 0.0255. The largest absolute Gasteiger partial charge is 0.485 e. The van der Waals surface area contributed by atoms with Gasteiger partial charge in [0.1, 0.15) is 17.5 Å². The minimum Gasteiger partial charge on any atom is -0.485 e. The number of carbonyl (C=O) groups is 1. The van der Waals surface area contributed by atoms with Gasteiger partial charge < -0.3 is 14.7 Å². The van der Waals surface area contributed by atoms with Crippen molar-refractivity contribution in [3.8, 4) is 5.75 Å². The molecule has 0 unspecified atom stereocenters. The van der Waals surface area contributed by atoms with Crippen LogP contribution in [0.5, 0.6) is 5.75 Å². The van der Waals surface area contributed by atoms with Gasteiger partial charge in [0.2, 0.25) is 5.91 Å². The quantitative estimate of drug-likeness (QED) is 0.878. The number of fused-ring (bicyclic) bond motifs is 1. The first-order valence-electron chi connectivity index (χ1n) is 7.62. The van der Waals surface area contributed by atoms with Crippen LogP contribution >= 0.6 is 0 Å². The molecule has 1 saturated heterocycles. The van der Waals surface area contributed by atoms with Crippen LogP contribution in [0.4, 0.5) is 0 Å². The summed E-state index contributed by atoms with van der Waals surface area (Å²) in [6, 6.07) is 4.02. The smallest absolute Gasteiger partial charge is 0.223 e. The zero-order valence-corrected chi connectivity index (χ0v) is 14.3. The highest BCUT2D eigenvalue weighted by Crippen LogP contribution is 2.44. The molecule has 1 amide bonds. The SMILES string of the molecule is CC1(C)Oc2ccc(S(C)(=O)=O)cc2[C@@H](N2CCCC2=O)[C@@H]1O. The summed E-state index contributed by atoms with van der Waals surface area (Å²) < 4.78 is 29.5. The van der Waals surface area contributed by atoms with Gasteiger partial charge in [-0.3, -0.25) is 4.79 Å². The van der Waals surface area contributed by atoms with Crippen LogP contribution in [0.25, 0.3) is 0 Å². The van der Waals surface area contributed by atoms with Crippen LogP contribution in [0.1, 0.15) is 38.3 Å². The predicted molar refractivity (Wildman–Crippen MR) is 84.0 cm³/mol. The predicted octanol–water partition coefficient (Wildman–Crippen LogP) is 1.29. The molecule has 0 aliphatic carbocycles. The lowest BCUT2D eigenvalue weighted by atomic mass is 9.85. The fraction of sp³-hybridized carbons (Fsp3) is 0.562. The molecule has 7 heteroatoms. The molecule has 1 fully saturated rings. The van der Waals surface area contributed by atoms with Gasteiger partial charge in [-0.05, 0) is 38.5 Å². The Balaban J connectivity index is 2.16. The van der Waals surface area contributed by atoms with Gasteiger partial charge in [-0.25, -0.2) is 8.42 Å². The number of nitrogens with zero attached hydrogens (tertiary/aromatic N) is 1. The van der Waals surface area contributed by atoms with Crippen molar-refractivity contribution >= 4 is 15.7 Å². The van der Waals surface area contributed by atoms with Gasteiger partial charge in [-0.2, -0.15) is 0 Å². The molecule has 1 aromatic rings. The third kappa shape index (κ3) is 2.72. The van der Waals surface area contributed by atoms with E-state index in [4.69, 9.17) is 4.74 Å². The molecule has 0 radical (unpaired) electrons. The molecule has 3 rings (SSSR count). The fourth-order valence-corrected chi connectivity index (χ4v) is 3.93. The summed E-state index contributed by atoms with van der Waals surface area (Å²) in [5.41, 5.74) is -0.317. The van der Waals surface area contributed by atoms with Crippen LogP contribution in [0.15, 0.2) is 23.1 Å². The maximum Gasteiger partial charge on any atom is 0.223 e. The molecular weight excluding hydrogens is 318 g/mol. The Morgan fingerprint density at radius 1 is 1.35 bits per heavy atom. The maximum absolute atomic E-state index is 12.2. The normalized spacial score (nSPS) is 26.8. The standard InChI is InChI=1S/C16H21NO5S/c1-16(2)15(19)14(17-8-4-5-13(17)18)11-9-10(23(3,20)21)6-7-12(11)22-16/h6-7,9,14-15,19H,4-5,8H2,1-3H3/t14-,15+/m1/s1. The van der Waals surface area contributed by atoms with E-state index in [1.165, 1.54) is 12.1 Å². The molecule has 0 spiro atoms. The molecule has 2 heterocycles. The van der Waals surface area contributed by atoms with Gasteiger partial charge in [-0.15, -0.1) is 0 Å². The molecular formula is C16H21NO5S. The average molecular weight is 339 g/mol. The number of likely N-dealkylation sites (tertiary alicyclic amines) is 1. The number of sulfone groups is 1. The van der Waals surface area contributed by atoms with Gasteiger partial charge in [-0.1, -0.05) is 0 Å². The zero-order chi connectivity index (χ0) is 17.0. The fourth-order valence-electron chi connectivity index (χ4n) is 3.28. The van der Waals surface area contributed by atoms with Gasteiger partial charge >= 0.3 is 0 Å². The van der Waals surface area contributed by atoms with Gasteiger partial charge in [0, 0.05) is 24.8 Å². The van der Waals surface area contributed by atoms with Crippen molar-refractivity contribution < 1.29 is 23.1 Å². The van der Waals surface area contributed by atoms with Gasteiger partial charge in [0.25, 0.3) is 0 Å². The summed E-state index contributed by atoms with van der Waals surface area (Å²) in [5, 5.41) is 10.7. The monoisotopic (exact) mass is 339 g/mol. The second-order valence-corrected chi connectivity index (χ2v) is 8.77. The molecule has 0 bridgehead atoms. The van der Waals surface area contributed by atoms with Gasteiger partial charge in [0.05, 0.1) is 10.9 Å². The van der Waals surface area contributed by atoms with E-state index in [0.29, 0.717) is 24.3 Å². The van der Waals surface area contributed by atoms with Crippen molar-refractivity contribution in [1.29, 1.82) is 0 Å². The summed E-state index contributed by atoms with van der Waals surface area (Å²) in [5.74, 6) is 0.486. The number of carbonyl (C=O) groups excluding carboxylic acids is 1. The Labute approximate surface area is 136 Å². The maximum atomic E-state index is 12.2. The number of benzene rings is 1. The number of rotatable bonds is 2. The summed E-state index contributed by atoms with van der Waals surface area (Å²) in [6.45, 7) is 4.08. The Hall–Kier alpha value is -1.60.